The zero-order valence-corrected chi connectivity index (χ0v) is 44.4. The van der Waals surface area contributed by atoms with Crippen LogP contribution in [-0.4, -0.2) is 43.7 Å². The summed E-state index contributed by atoms with van der Waals surface area (Å²) in [4.78, 5) is 9.34. The van der Waals surface area contributed by atoms with Crippen LogP contribution in [0.1, 0.15) is 121 Å². The first kappa shape index (κ1) is 62.3. The average molecular weight is 1150 g/mol. The summed E-state index contributed by atoms with van der Waals surface area (Å²) in [6.45, 7) is 3.36. The van der Waals surface area contributed by atoms with E-state index in [2.05, 4.69) is 143 Å². The Morgan fingerprint density at radius 3 is 1.01 bits per heavy atom. The molecule has 5 aromatic rings. The Balaban J connectivity index is 0.000000351. The maximum absolute atomic E-state index is 12.3. The van der Waals surface area contributed by atoms with Crippen LogP contribution in [0.5, 0.6) is 0 Å². The maximum atomic E-state index is 12.3. The van der Waals surface area contributed by atoms with Crippen LogP contribution in [0.15, 0.2) is 163 Å². The van der Waals surface area contributed by atoms with Crippen molar-refractivity contribution in [3.8, 4) is 0 Å². The van der Waals surface area contributed by atoms with E-state index in [0.29, 0.717) is 33.0 Å². The second kappa shape index (κ2) is 33.0. The third-order valence-corrected chi connectivity index (χ3v) is 23.8. The molecule has 0 aliphatic carbocycles. The summed E-state index contributed by atoms with van der Waals surface area (Å²) in [5, 5.41) is 4.47. The van der Waals surface area contributed by atoms with Crippen molar-refractivity contribution in [2.24, 2.45) is 0 Å². The first-order valence-electron chi connectivity index (χ1n) is 24.9. The third-order valence-electron chi connectivity index (χ3n) is 12.1. The van der Waals surface area contributed by atoms with Crippen molar-refractivity contribution in [2.75, 3.05) is 19.4 Å². The molecule has 0 N–H and O–H groups in total. The van der Waals surface area contributed by atoms with Crippen molar-refractivity contribution in [1.29, 1.82) is 0 Å². The number of carbonyl (C=O) groups excluding carboxylic acids is 1. The summed E-state index contributed by atoms with van der Waals surface area (Å²) >= 11 is 2.92. The first-order valence-corrected chi connectivity index (χ1v) is 30.1. The number of allylic oxidation sites excluding steroid dienone is 2. The molecule has 0 aliphatic heterocycles. The van der Waals surface area contributed by atoms with Crippen LogP contribution in [0.3, 0.4) is 0 Å². The van der Waals surface area contributed by atoms with Crippen LogP contribution in [-0.2, 0) is 27.5 Å². The van der Waals surface area contributed by atoms with Gasteiger partial charge in [0.05, 0.1) is 6.61 Å². The number of hydrogen-bond donors (Lipinski definition) is 0. The molecule has 0 unspecified atom stereocenters. The van der Waals surface area contributed by atoms with Crippen molar-refractivity contribution in [3.63, 3.8) is 0 Å². The molecule has 0 atom stereocenters. The Kier molecular flexibility index (Phi) is 28.5. The van der Waals surface area contributed by atoms with Crippen LogP contribution in [0.4, 0.5) is 39.5 Å². The van der Waals surface area contributed by atoms with E-state index in [-0.39, 0.29) is 12.5 Å². The number of alkyl halides is 9. The van der Waals surface area contributed by atoms with Gasteiger partial charge in [-0.3, -0.25) is 4.79 Å². The van der Waals surface area contributed by atoms with E-state index in [0.717, 1.165) is 50.9 Å². The molecule has 0 spiro atoms. The first-order chi connectivity index (χ1) is 34.4. The number of ether oxygens (including phenoxy) is 2. The van der Waals surface area contributed by atoms with E-state index < -0.39 is 34.1 Å². The van der Waals surface area contributed by atoms with Crippen LogP contribution >= 0.6 is 26.3 Å². The summed E-state index contributed by atoms with van der Waals surface area (Å²) in [6, 6.07) is 54.3. The Labute approximate surface area is 434 Å². The van der Waals surface area contributed by atoms with Gasteiger partial charge >= 0.3 is 227 Å². The van der Waals surface area contributed by atoms with E-state index in [1.54, 1.807) is 0 Å². The molecule has 3 nitrogen and oxygen atoms in total. The molecular weight excluding hydrogens is 1070 g/mol. The van der Waals surface area contributed by atoms with Gasteiger partial charge in [0.15, 0.2) is 0 Å². The van der Waals surface area contributed by atoms with E-state index in [1.165, 1.54) is 79.0 Å². The molecule has 0 fully saturated rings. The summed E-state index contributed by atoms with van der Waals surface area (Å²) in [6.07, 6.45) is 1.88. The molecule has 0 aromatic heterocycles. The van der Waals surface area contributed by atoms with E-state index in [1.807, 2.05) is 30.3 Å². The number of hydrogen-bond acceptors (Lipinski definition) is 3. The second-order valence-electron chi connectivity index (χ2n) is 17.7. The Morgan fingerprint density at radius 1 is 0.431 bits per heavy atom. The fourth-order valence-electron chi connectivity index (χ4n) is 8.12. The van der Waals surface area contributed by atoms with Crippen LogP contribution in [0, 0.1) is 0 Å². The van der Waals surface area contributed by atoms with Gasteiger partial charge in [0, 0.05) is 13.5 Å². The molecule has 14 heteroatoms. The molecule has 72 heavy (non-hydrogen) atoms. The van der Waals surface area contributed by atoms with Gasteiger partial charge in [0.1, 0.15) is 5.57 Å². The molecule has 0 heterocycles. The van der Waals surface area contributed by atoms with E-state index >= 15 is 0 Å². The number of ketones is 1. The topological polar surface area (TPSA) is 35.5 Å². The van der Waals surface area contributed by atoms with E-state index in [4.69, 9.17) is 9.47 Å². The van der Waals surface area contributed by atoms with Gasteiger partial charge in [-0.25, -0.2) is 0 Å². The normalized spacial score (nSPS) is 12.3. The monoisotopic (exact) mass is 1140 g/mol. The van der Waals surface area contributed by atoms with Crippen LogP contribution < -0.4 is 15.9 Å². The Hall–Kier alpha value is -4.04. The number of carbonyl (C=O) groups is 1. The predicted molar refractivity (Wildman–Crippen MR) is 287 cm³/mol. The zero-order chi connectivity index (χ0) is 52.6. The predicted octanol–water partition coefficient (Wildman–Crippen LogP) is 17.7. The van der Waals surface area contributed by atoms with Crippen molar-refractivity contribution in [2.45, 2.75) is 141 Å². The fourth-order valence-corrected chi connectivity index (χ4v) is 16.9. The Bertz CT molecular complexity index is 2090. The quantitative estimate of drug-likeness (QED) is 0.0165. The van der Waals surface area contributed by atoms with Crippen LogP contribution in [0.2, 0.25) is 0 Å². The minimum absolute atomic E-state index is 0.207. The molecule has 0 saturated heterocycles. The van der Waals surface area contributed by atoms with Gasteiger partial charge in [-0.2, -0.15) is 39.5 Å². The second-order valence-corrected chi connectivity index (χ2v) is 28.5. The molecule has 5 rings (SSSR count). The van der Waals surface area contributed by atoms with Crippen molar-refractivity contribution < 1.29 is 53.8 Å². The summed E-state index contributed by atoms with van der Waals surface area (Å²) in [5.41, 5.74) is -0.00396. The van der Waals surface area contributed by atoms with Crippen molar-refractivity contribution in [3.05, 3.63) is 174 Å². The zero-order valence-electron chi connectivity index (χ0n) is 41.3. The third kappa shape index (κ3) is 23.0. The number of Topliss-reactive ketones (excluding diaryl/α,β-unsaturated/α-hetero) is 1. The molecule has 0 saturated carbocycles. The fraction of sp³-hybridized carbons (Fsp3) is 0.431. The minimum atomic E-state index is -5.35. The SMILES string of the molecule is CC(=O)C(F)(F)F.FC(F)(F)C(=CCCCCCCCCCOCc1ccccc1)C(F)(F)F.IP(CCCCCCCCCCOCc1ccccc1)(c1ccccc1)(c1ccccc1)c1ccccc1. The van der Waals surface area contributed by atoms with Gasteiger partial charge in [0.25, 0.3) is 0 Å². The van der Waals surface area contributed by atoms with Gasteiger partial charge in [-0.05, 0) is 30.4 Å². The van der Waals surface area contributed by atoms with Gasteiger partial charge in [-0.1, -0.05) is 98.8 Å². The van der Waals surface area contributed by atoms with Crippen molar-refractivity contribution in [1.82, 2.24) is 0 Å². The summed E-state index contributed by atoms with van der Waals surface area (Å²) in [7, 11) is 0. The molecule has 396 valence electrons. The molecule has 0 bridgehead atoms. The van der Waals surface area contributed by atoms with E-state index in [9.17, 15) is 44.3 Å². The number of rotatable bonds is 28. The molecule has 0 aliphatic rings. The average Bonchev–Trinajstić information content (AvgIpc) is 3.36. The summed E-state index contributed by atoms with van der Waals surface area (Å²) < 4.78 is 115. The van der Waals surface area contributed by atoms with Gasteiger partial charge in [0.2, 0.25) is 5.78 Å². The standard InChI is InChI=1S/C35H42IOP.C20H26F6O.C3H3F3O/c36-38(33-23-13-8-14-24-33,34-25-15-9-16-26-34,35-27-17-10-18-28-35)30-20-6-4-2-1-3-5-19-29-37-31-32-21-11-7-12-22-32;21-19(22,23)18(20(24,25)26)14-10-5-3-1-2-4-6-11-15-27-16-17-12-8-7-9-13-17;1-2(7)3(4,5)6/h7-18,21-28H,1-6,19-20,29-31H2;7-9,12-14H,1-6,10-11,15-16H2;1H3. The number of benzene rings is 5. The number of halogens is 10. The molecule has 0 amide bonds. The van der Waals surface area contributed by atoms with Gasteiger partial charge in [-0.15, -0.1) is 0 Å². The van der Waals surface area contributed by atoms with Crippen LogP contribution in [0.25, 0.3) is 0 Å². The van der Waals surface area contributed by atoms with Gasteiger partial charge < -0.3 is 4.74 Å². The van der Waals surface area contributed by atoms with Crippen molar-refractivity contribution >= 4 is 48.0 Å². The summed E-state index contributed by atoms with van der Waals surface area (Å²) in [5.74, 6) is -1.76. The number of unbranched alkanes of at least 4 members (excludes halogenated alkanes) is 14. The Morgan fingerprint density at radius 2 is 0.708 bits per heavy atom. The molecule has 5 aromatic carbocycles. The molecular formula is C58H71F9IO3P. The molecule has 0 radical (unpaired) electrons.